The van der Waals surface area contributed by atoms with Crippen LogP contribution < -0.4 is 10.0 Å². The summed E-state index contributed by atoms with van der Waals surface area (Å²) in [6, 6.07) is 1.44. The quantitative estimate of drug-likeness (QED) is 0.774. The van der Waals surface area contributed by atoms with Gasteiger partial charge in [-0.1, -0.05) is 6.07 Å². The molecular weight excluding hydrogens is 394 g/mol. The summed E-state index contributed by atoms with van der Waals surface area (Å²) < 4.78 is 27.4. The van der Waals surface area contributed by atoms with Crippen molar-refractivity contribution < 1.29 is 22.8 Å². The van der Waals surface area contributed by atoms with Crippen molar-refractivity contribution in [3.05, 3.63) is 28.3 Å². The van der Waals surface area contributed by atoms with E-state index in [-0.39, 0.29) is 19.4 Å². The first-order valence-electron chi connectivity index (χ1n) is 10.1. The van der Waals surface area contributed by atoms with Crippen molar-refractivity contribution in [2.45, 2.75) is 63.5 Å². The lowest BCUT2D eigenvalue weighted by Gasteiger charge is -2.29. The molecule has 1 aromatic rings. The number of carbonyl (C=O) groups excluding carboxylic acids is 3. The SMILES string of the molecule is CC(=O)N1CCC(S(=O)(=O)NC(=O)Nc2c3c(cc4c2CCC4)CCC3)CC1=O. The number of piperidine rings is 1. The van der Waals surface area contributed by atoms with E-state index in [0.717, 1.165) is 60.2 Å². The summed E-state index contributed by atoms with van der Waals surface area (Å²) >= 11 is 0. The third-order valence-corrected chi connectivity index (χ3v) is 7.89. The number of amides is 4. The molecule has 4 amide bonds. The summed E-state index contributed by atoms with van der Waals surface area (Å²) in [5.74, 6) is -0.929. The van der Waals surface area contributed by atoms with E-state index < -0.39 is 33.1 Å². The van der Waals surface area contributed by atoms with Gasteiger partial charge in [0, 0.05) is 25.6 Å². The van der Waals surface area contributed by atoms with E-state index in [1.54, 1.807) is 0 Å². The van der Waals surface area contributed by atoms with Crippen LogP contribution >= 0.6 is 0 Å². The topological polar surface area (TPSA) is 113 Å². The maximum Gasteiger partial charge on any atom is 0.332 e. The van der Waals surface area contributed by atoms with Crippen molar-refractivity contribution in [1.82, 2.24) is 9.62 Å². The second kappa shape index (κ2) is 7.44. The number of sulfonamides is 1. The van der Waals surface area contributed by atoms with Gasteiger partial charge in [0.15, 0.2) is 0 Å². The highest BCUT2D eigenvalue weighted by Crippen LogP contribution is 2.38. The predicted octanol–water partition coefficient (Wildman–Crippen LogP) is 1.65. The Balaban J connectivity index is 1.48. The molecule has 8 nitrogen and oxygen atoms in total. The first kappa shape index (κ1) is 19.9. The normalized spacial score (nSPS) is 20.9. The highest BCUT2D eigenvalue weighted by atomic mass is 32.2. The van der Waals surface area contributed by atoms with Gasteiger partial charge in [-0.3, -0.25) is 14.5 Å². The average Bonchev–Trinajstić information content (AvgIpc) is 3.29. The third-order valence-electron chi connectivity index (χ3n) is 6.14. The van der Waals surface area contributed by atoms with Crippen molar-refractivity contribution in [2.24, 2.45) is 0 Å². The Kier molecular flexibility index (Phi) is 5.10. The zero-order valence-electron chi connectivity index (χ0n) is 16.4. The van der Waals surface area contributed by atoms with Crippen molar-refractivity contribution in [1.29, 1.82) is 0 Å². The van der Waals surface area contributed by atoms with Crippen molar-refractivity contribution in [3.8, 4) is 0 Å². The molecular formula is C20H25N3O5S. The molecule has 1 heterocycles. The minimum absolute atomic E-state index is 0.0427. The van der Waals surface area contributed by atoms with Gasteiger partial charge in [-0.25, -0.2) is 17.9 Å². The number of nitrogens with one attached hydrogen (secondary N) is 2. The van der Waals surface area contributed by atoms with Gasteiger partial charge in [0.1, 0.15) is 0 Å². The summed E-state index contributed by atoms with van der Waals surface area (Å²) in [6.45, 7) is 1.32. The molecule has 4 rings (SSSR count). The van der Waals surface area contributed by atoms with Crippen molar-refractivity contribution in [2.75, 3.05) is 11.9 Å². The lowest BCUT2D eigenvalue weighted by Crippen LogP contribution is -2.49. The first-order chi connectivity index (χ1) is 13.8. The molecule has 1 fully saturated rings. The Morgan fingerprint density at radius 3 is 2.24 bits per heavy atom. The van der Waals surface area contributed by atoms with Crippen LogP contribution in [0.1, 0.15) is 54.9 Å². The molecule has 2 N–H and O–H groups in total. The van der Waals surface area contributed by atoms with Gasteiger partial charge in [-0.2, -0.15) is 0 Å². The summed E-state index contributed by atoms with van der Waals surface area (Å²) in [7, 11) is -4.03. The van der Waals surface area contributed by atoms with Crippen LogP contribution in [0.3, 0.4) is 0 Å². The second-order valence-corrected chi connectivity index (χ2v) is 9.98. The number of benzene rings is 1. The smallest absolute Gasteiger partial charge is 0.307 e. The minimum Gasteiger partial charge on any atom is -0.307 e. The molecule has 3 aliphatic rings. The molecule has 0 saturated carbocycles. The van der Waals surface area contributed by atoms with Crippen molar-refractivity contribution in [3.63, 3.8) is 0 Å². The standard InChI is InChI=1S/C20H25N3O5S/c1-12(24)23-9-8-15(11-18(23)25)29(27,28)22-20(26)21-19-16-6-2-4-13(16)10-14-5-3-7-17(14)19/h10,15H,2-9,11H2,1H3,(H2,21,22,26). The van der Waals surface area contributed by atoms with E-state index in [1.165, 1.54) is 18.1 Å². The van der Waals surface area contributed by atoms with Gasteiger partial charge < -0.3 is 5.32 Å². The van der Waals surface area contributed by atoms with Gasteiger partial charge in [0.05, 0.1) is 5.25 Å². The molecule has 1 unspecified atom stereocenters. The van der Waals surface area contributed by atoms with Gasteiger partial charge in [-0.05, 0) is 67.2 Å². The molecule has 1 aliphatic heterocycles. The summed E-state index contributed by atoms with van der Waals surface area (Å²) in [5, 5.41) is 1.77. The Labute approximate surface area is 170 Å². The summed E-state index contributed by atoms with van der Waals surface area (Å²) in [4.78, 5) is 37.1. The second-order valence-electron chi connectivity index (χ2n) is 8.01. The Morgan fingerprint density at radius 1 is 1.07 bits per heavy atom. The van der Waals surface area contributed by atoms with E-state index in [9.17, 15) is 22.8 Å². The largest absolute Gasteiger partial charge is 0.332 e. The molecule has 1 aromatic carbocycles. The first-order valence-corrected chi connectivity index (χ1v) is 11.6. The molecule has 0 bridgehead atoms. The van der Waals surface area contributed by atoms with Gasteiger partial charge >= 0.3 is 6.03 Å². The zero-order chi connectivity index (χ0) is 20.8. The van der Waals surface area contributed by atoms with Gasteiger partial charge in [0.25, 0.3) is 0 Å². The number of urea groups is 1. The maximum absolute atomic E-state index is 12.6. The van der Waals surface area contributed by atoms with Crippen LogP contribution in [0.25, 0.3) is 0 Å². The molecule has 1 atom stereocenters. The number of nitrogens with zero attached hydrogens (tertiary/aromatic N) is 1. The van der Waals surface area contributed by atoms with Crippen LogP contribution in [0.2, 0.25) is 0 Å². The third kappa shape index (κ3) is 3.75. The summed E-state index contributed by atoms with van der Waals surface area (Å²) in [6.07, 6.45) is 5.59. The number of anilines is 1. The molecule has 9 heteroatoms. The number of rotatable bonds is 3. The van der Waals surface area contributed by atoms with Crippen LogP contribution in [0.5, 0.6) is 0 Å². The fourth-order valence-electron chi connectivity index (χ4n) is 4.72. The lowest BCUT2D eigenvalue weighted by molar-refractivity contribution is -0.145. The number of imide groups is 1. The zero-order valence-corrected chi connectivity index (χ0v) is 17.2. The van der Waals surface area contributed by atoms with E-state index in [0.29, 0.717) is 0 Å². The number of aryl methyl sites for hydroxylation is 2. The van der Waals surface area contributed by atoms with Crippen LogP contribution in [-0.4, -0.2) is 43.0 Å². The average molecular weight is 420 g/mol. The monoisotopic (exact) mass is 419 g/mol. The van der Waals surface area contributed by atoms with Crippen LogP contribution in [-0.2, 0) is 45.3 Å². The minimum atomic E-state index is -4.03. The lowest BCUT2D eigenvalue weighted by atomic mass is 9.99. The molecule has 0 aromatic heterocycles. The number of carbonyl (C=O) groups is 3. The fourth-order valence-corrected chi connectivity index (χ4v) is 5.98. The molecule has 2 aliphatic carbocycles. The molecule has 29 heavy (non-hydrogen) atoms. The van der Waals surface area contributed by atoms with Crippen LogP contribution in [0, 0.1) is 0 Å². The molecule has 0 spiro atoms. The van der Waals surface area contributed by atoms with E-state index in [1.807, 2.05) is 0 Å². The Morgan fingerprint density at radius 2 is 1.69 bits per heavy atom. The highest BCUT2D eigenvalue weighted by molar-refractivity contribution is 7.90. The summed E-state index contributed by atoms with van der Waals surface area (Å²) in [5.41, 5.74) is 5.48. The van der Waals surface area contributed by atoms with E-state index in [2.05, 4.69) is 16.1 Å². The van der Waals surface area contributed by atoms with Crippen LogP contribution in [0.15, 0.2) is 6.07 Å². The van der Waals surface area contributed by atoms with Gasteiger partial charge in [-0.15, -0.1) is 0 Å². The van der Waals surface area contributed by atoms with E-state index >= 15 is 0 Å². The highest BCUT2D eigenvalue weighted by Gasteiger charge is 2.37. The molecule has 0 radical (unpaired) electrons. The number of hydrogen-bond acceptors (Lipinski definition) is 5. The number of likely N-dealkylation sites (tertiary alicyclic amines) is 1. The Hall–Kier alpha value is -2.42. The van der Waals surface area contributed by atoms with Crippen molar-refractivity contribution >= 4 is 33.6 Å². The maximum atomic E-state index is 12.6. The molecule has 156 valence electrons. The van der Waals surface area contributed by atoms with E-state index in [4.69, 9.17) is 0 Å². The Bertz CT molecular complexity index is 970. The van der Waals surface area contributed by atoms with Gasteiger partial charge in [0.2, 0.25) is 21.8 Å². The number of hydrogen-bond donors (Lipinski definition) is 2. The predicted molar refractivity (Wildman–Crippen MR) is 107 cm³/mol. The fraction of sp³-hybridized carbons (Fsp3) is 0.550. The number of fused-ring (bicyclic) bond motifs is 2. The molecule has 1 saturated heterocycles. The van der Waals surface area contributed by atoms with Crippen LogP contribution in [0.4, 0.5) is 10.5 Å².